The van der Waals surface area contributed by atoms with Crippen molar-refractivity contribution < 1.29 is 19.5 Å². The summed E-state index contributed by atoms with van der Waals surface area (Å²) in [7, 11) is 0. The Morgan fingerprint density at radius 2 is 2.03 bits per heavy atom. The fraction of sp³-hybridized carbons (Fsp3) is 0.500. The molecular weight excluding hydrogens is 440 g/mol. The number of nitrogens with zero attached hydrogens (tertiary/aromatic N) is 2. The van der Waals surface area contributed by atoms with Crippen molar-refractivity contribution in [2.75, 3.05) is 6.54 Å². The average Bonchev–Trinajstić information content (AvgIpc) is 3.38. The minimum Gasteiger partial charge on any atom is -0.508 e. The number of likely N-dealkylation sites (tertiary alicyclic amines) is 1. The van der Waals surface area contributed by atoms with Gasteiger partial charge in [-0.2, -0.15) is 0 Å². The number of carbonyl (C=O) groups excluding carboxylic acids is 3. The molecule has 3 N–H and O–H groups in total. The monoisotopic (exact) mass is 472 g/mol. The standard InChI is InChI=1S/C24H32N4O4S/c1-14-20(33-13-26-14)16-8-9-17(19(30)11-16)12-25-22(31)18-7-6-10-28(18)23(32)21(24(3,4)5)27-15(2)29/h8-9,11,13,18,21,30H,6-7,10,12H2,1-5H3,(H,25,31)(H,27,29). The van der Waals surface area contributed by atoms with E-state index < -0.39 is 17.5 Å². The van der Waals surface area contributed by atoms with E-state index in [-0.39, 0.29) is 30.0 Å². The van der Waals surface area contributed by atoms with Crippen LogP contribution in [0.15, 0.2) is 23.7 Å². The summed E-state index contributed by atoms with van der Waals surface area (Å²) in [4.78, 5) is 44.6. The van der Waals surface area contributed by atoms with Crippen LogP contribution in [0.4, 0.5) is 0 Å². The molecule has 2 atom stereocenters. The number of carbonyl (C=O) groups is 3. The van der Waals surface area contributed by atoms with E-state index in [1.54, 1.807) is 22.5 Å². The van der Waals surface area contributed by atoms with Crippen LogP contribution in [-0.2, 0) is 20.9 Å². The lowest BCUT2D eigenvalue weighted by atomic mass is 9.85. The Labute approximate surface area is 198 Å². The summed E-state index contributed by atoms with van der Waals surface area (Å²) in [5.74, 6) is -0.699. The van der Waals surface area contributed by atoms with Crippen molar-refractivity contribution in [1.29, 1.82) is 0 Å². The summed E-state index contributed by atoms with van der Waals surface area (Å²) in [6.07, 6.45) is 1.28. The van der Waals surface area contributed by atoms with Crippen molar-refractivity contribution >= 4 is 29.1 Å². The molecule has 3 amide bonds. The van der Waals surface area contributed by atoms with Crippen LogP contribution in [-0.4, -0.2) is 51.3 Å². The van der Waals surface area contributed by atoms with E-state index in [1.165, 1.54) is 18.3 Å². The first-order valence-electron chi connectivity index (χ1n) is 11.1. The average molecular weight is 473 g/mol. The van der Waals surface area contributed by atoms with Gasteiger partial charge in [-0.3, -0.25) is 14.4 Å². The number of aromatic nitrogens is 1. The summed E-state index contributed by atoms with van der Waals surface area (Å²) in [6, 6.07) is 4.05. The molecule has 2 unspecified atom stereocenters. The van der Waals surface area contributed by atoms with Crippen LogP contribution in [0.2, 0.25) is 0 Å². The predicted molar refractivity (Wildman–Crippen MR) is 128 cm³/mol. The summed E-state index contributed by atoms with van der Waals surface area (Å²) >= 11 is 1.51. The van der Waals surface area contributed by atoms with Crippen LogP contribution in [0.1, 0.15) is 51.8 Å². The number of rotatable bonds is 6. The van der Waals surface area contributed by atoms with Crippen LogP contribution >= 0.6 is 11.3 Å². The topological polar surface area (TPSA) is 112 Å². The first-order chi connectivity index (χ1) is 15.5. The van der Waals surface area contributed by atoms with Gasteiger partial charge in [0.15, 0.2) is 0 Å². The molecule has 0 bridgehead atoms. The third-order valence-electron chi connectivity index (χ3n) is 5.85. The van der Waals surface area contributed by atoms with Gasteiger partial charge in [0.1, 0.15) is 17.8 Å². The lowest BCUT2D eigenvalue weighted by Gasteiger charge is -2.35. The van der Waals surface area contributed by atoms with Gasteiger partial charge >= 0.3 is 0 Å². The maximum absolute atomic E-state index is 13.2. The molecule has 1 aliphatic rings. The van der Waals surface area contributed by atoms with E-state index in [4.69, 9.17) is 0 Å². The molecule has 1 aromatic carbocycles. The Hall–Kier alpha value is -2.94. The maximum atomic E-state index is 13.2. The molecule has 0 saturated carbocycles. The number of hydrogen-bond donors (Lipinski definition) is 3. The van der Waals surface area contributed by atoms with Crippen LogP contribution in [0, 0.1) is 12.3 Å². The molecule has 1 aromatic heterocycles. The zero-order valence-corrected chi connectivity index (χ0v) is 20.6. The zero-order chi connectivity index (χ0) is 24.3. The van der Waals surface area contributed by atoms with E-state index in [9.17, 15) is 19.5 Å². The Morgan fingerprint density at radius 3 is 2.61 bits per heavy atom. The summed E-state index contributed by atoms with van der Waals surface area (Å²) in [5.41, 5.74) is 3.65. The summed E-state index contributed by atoms with van der Waals surface area (Å²) < 4.78 is 0. The lowest BCUT2D eigenvalue weighted by molar-refractivity contribution is -0.143. The Balaban J connectivity index is 1.68. The molecule has 33 heavy (non-hydrogen) atoms. The number of benzene rings is 1. The molecule has 1 fully saturated rings. The number of aryl methyl sites for hydroxylation is 1. The van der Waals surface area contributed by atoms with Gasteiger partial charge in [-0.05, 0) is 36.8 Å². The second-order valence-corrected chi connectivity index (χ2v) is 10.4. The molecule has 0 radical (unpaired) electrons. The van der Waals surface area contributed by atoms with Crippen molar-refractivity contribution in [3.63, 3.8) is 0 Å². The van der Waals surface area contributed by atoms with Crippen LogP contribution in [0.25, 0.3) is 10.4 Å². The first-order valence-corrected chi connectivity index (χ1v) is 11.9. The quantitative estimate of drug-likeness (QED) is 0.598. The highest BCUT2D eigenvalue weighted by atomic mass is 32.1. The van der Waals surface area contributed by atoms with E-state index in [2.05, 4.69) is 15.6 Å². The van der Waals surface area contributed by atoms with Crippen molar-refractivity contribution in [3.8, 4) is 16.2 Å². The lowest BCUT2D eigenvalue weighted by Crippen LogP contribution is -2.57. The highest BCUT2D eigenvalue weighted by molar-refractivity contribution is 7.13. The molecule has 1 aliphatic heterocycles. The third-order valence-corrected chi connectivity index (χ3v) is 6.82. The number of phenols is 1. The van der Waals surface area contributed by atoms with Gasteiger partial charge < -0.3 is 20.6 Å². The largest absolute Gasteiger partial charge is 0.508 e. The normalized spacial score (nSPS) is 17.0. The van der Waals surface area contributed by atoms with Crippen molar-refractivity contribution in [2.24, 2.45) is 5.41 Å². The molecular formula is C24H32N4O4S. The van der Waals surface area contributed by atoms with Gasteiger partial charge in [-0.25, -0.2) is 4.98 Å². The molecule has 0 aliphatic carbocycles. The van der Waals surface area contributed by atoms with Gasteiger partial charge in [-0.15, -0.1) is 11.3 Å². The maximum Gasteiger partial charge on any atom is 0.246 e. The number of phenolic OH excluding ortho intramolecular Hbond substituents is 1. The van der Waals surface area contributed by atoms with Gasteiger partial charge in [-0.1, -0.05) is 32.9 Å². The molecule has 9 heteroatoms. The molecule has 0 spiro atoms. The Bertz CT molecular complexity index is 1040. The SMILES string of the molecule is CC(=O)NC(C(=O)N1CCCC1C(=O)NCc1ccc(-c2scnc2C)cc1O)C(C)(C)C. The molecule has 1 saturated heterocycles. The fourth-order valence-electron chi connectivity index (χ4n) is 4.05. The number of aromatic hydroxyl groups is 1. The zero-order valence-electron chi connectivity index (χ0n) is 19.8. The fourth-order valence-corrected chi connectivity index (χ4v) is 4.86. The second kappa shape index (κ2) is 9.91. The van der Waals surface area contributed by atoms with Crippen LogP contribution in [0.3, 0.4) is 0 Å². The van der Waals surface area contributed by atoms with Crippen LogP contribution < -0.4 is 10.6 Å². The predicted octanol–water partition coefficient (Wildman–Crippen LogP) is 2.98. The van der Waals surface area contributed by atoms with Crippen molar-refractivity contribution in [3.05, 3.63) is 35.0 Å². The number of hydrogen-bond acceptors (Lipinski definition) is 6. The molecule has 8 nitrogen and oxygen atoms in total. The minimum absolute atomic E-state index is 0.0957. The molecule has 178 valence electrons. The van der Waals surface area contributed by atoms with Gasteiger partial charge in [0.2, 0.25) is 17.7 Å². The minimum atomic E-state index is -0.713. The van der Waals surface area contributed by atoms with Crippen LogP contribution in [0.5, 0.6) is 5.75 Å². The molecule has 2 aromatic rings. The van der Waals surface area contributed by atoms with Crippen molar-refractivity contribution in [1.82, 2.24) is 20.5 Å². The third kappa shape index (κ3) is 5.71. The Morgan fingerprint density at radius 1 is 1.30 bits per heavy atom. The van der Waals surface area contributed by atoms with E-state index in [0.29, 0.717) is 18.5 Å². The number of thiazole rings is 1. The smallest absolute Gasteiger partial charge is 0.246 e. The Kier molecular flexibility index (Phi) is 7.41. The van der Waals surface area contributed by atoms with Gasteiger partial charge in [0, 0.05) is 25.6 Å². The van der Waals surface area contributed by atoms with E-state index in [0.717, 1.165) is 22.6 Å². The van der Waals surface area contributed by atoms with Crippen molar-refractivity contribution in [2.45, 2.75) is 66.1 Å². The van der Waals surface area contributed by atoms with E-state index in [1.807, 2.05) is 33.8 Å². The molecule has 2 heterocycles. The number of nitrogens with one attached hydrogen (secondary N) is 2. The number of amides is 3. The highest BCUT2D eigenvalue weighted by Gasteiger charge is 2.41. The van der Waals surface area contributed by atoms with E-state index >= 15 is 0 Å². The summed E-state index contributed by atoms with van der Waals surface area (Å²) in [5, 5.41) is 16.1. The summed E-state index contributed by atoms with van der Waals surface area (Å²) in [6.45, 7) is 9.58. The highest BCUT2D eigenvalue weighted by Crippen LogP contribution is 2.31. The second-order valence-electron chi connectivity index (χ2n) is 9.52. The molecule has 3 rings (SSSR count). The van der Waals surface area contributed by atoms with Gasteiger partial charge in [0.05, 0.1) is 16.1 Å². The first kappa shape index (κ1) is 24.7. The van der Waals surface area contributed by atoms with Gasteiger partial charge in [0.25, 0.3) is 0 Å².